The fraction of sp³-hybridized carbons (Fsp3) is 0.522. The molecule has 1 spiro atoms. The van der Waals surface area contributed by atoms with Crippen molar-refractivity contribution in [2.45, 2.75) is 38.5 Å². The first-order valence-corrected chi connectivity index (χ1v) is 10.6. The minimum atomic E-state index is -0.250. The quantitative estimate of drug-likeness (QED) is 0.734. The molecule has 4 rings (SSSR count). The fourth-order valence-corrected chi connectivity index (χ4v) is 4.70. The van der Waals surface area contributed by atoms with Crippen LogP contribution in [0.25, 0.3) is 0 Å². The Balaban J connectivity index is 0.000000858. The van der Waals surface area contributed by atoms with E-state index in [1.807, 2.05) is 28.9 Å². The molecule has 1 aromatic carbocycles. The molecule has 3 heterocycles. The lowest BCUT2D eigenvalue weighted by atomic mass is 9.71. The van der Waals surface area contributed by atoms with Crippen LogP contribution in [0.4, 0.5) is 0 Å². The summed E-state index contributed by atoms with van der Waals surface area (Å²) in [6, 6.07) is 10.4. The van der Waals surface area contributed by atoms with Crippen molar-refractivity contribution in [1.82, 2.24) is 19.6 Å². The highest BCUT2D eigenvalue weighted by Crippen LogP contribution is 2.41. The second kappa shape index (κ2) is 10.5. The van der Waals surface area contributed by atoms with Crippen LogP contribution in [-0.2, 0) is 27.4 Å². The summed E-state index contributed by atoms with van der Waals surface area (Å²) in [5.41, 5.74) is 2.25. The summed E-state index contributed by atoms with van der Waals surface area (Å²) >= 11 is 0. The van der Waals surface area contributed by atoms with Crippen LogP contribution in [0.2, 0.25) is 0 Å². The molecule has 168 valence electrons. The molecule has 2 aliphatic heterocycles. The van der Waals surface area contributed by atoms with Crippen LogP contribution < -0.4 is 0 Å². The first-order chi connectivity index (χ1) is 15.0. The van der Waals surface area contributed by atoms with E-state index in [1.54, 1.807) is 7.11 Å². The van der Waals surface area contributed by atoms with Crippen LogP contribution in [0.3, 0.4) is 0 Å². The van der Waals surface area contributed by atoms with E-state index in [0.29, 0.717) is 12.5 Å². The van der Waals surface area contributed by atoms with Gasteiger partial charge in [-0.2, -0.15) is 5.10 Å². The number of carboxylic acid groups (broad SMARTS) is 1. The van der Waals surface area contributed by atoms with Crippen molar-refractivity contribution in [1.29, 1.82) is 0 Å². The lowest BCUT2D eigenvalue weighted by Crippen LogP contribution is -2.56. The summed E-state index contributed by atoms with van der Waals surface area (Å²) in [4.78, 5) is 25.5. The standard InChI is InChI=1S/C22H30N4O2.CH2O2/c1-24-17-20(28-2)12-22(21(24)27)8-10-25(11-9-22)14-19-13-23-26(16-19)15-18-6-4-3-5-7-18;2-1-3/h3-7,13,16,20H,8-12,14-15,17H2,1-2H3;1H,(H,2,3). The number of nitrogens with zero attached hydrogens (tertiary/aromatic N) is 4. The van der Waals surface area contributed by atoms with Gasteiger partial charge >= 0.3 is 0 Å². The number of piperidine rings is 2. The molecule has 2 aliphatic rings. The molecule has 1 unspecified atom stereocenters. The summed E-state index contributed by atoms with van der Waals surface area (Å²) in [6.07, 6.45) is 6.94. The molecule has 0 saturated carbocycles. The number of amides is 1. The fourth-order valence-electron chi connectivity index (χ4n) is 4.70. The molecule has 1 atom stereocenters. The molecule has 1 aromatic heterocycles. The first-order valence-electron chi connectivity index (χ1n) is 10.6. The molecule has 2 saturated heterocycles. The molecule has 1 N–H and O–H groups in total. The van der Waals surface area contributed by atoms with Crippen LogP contribution in [0.1, 0.15) is 30.4 Å². The third-order valence-electron chi connectivity index (χ3n) is 6.32. The second-order valence-corrected chi connectivity index (χ2v) is 8.44. The van der Waals surface area contributed by atoms with Gasteiger partial charge in [0.05, 0.1) is 24.3 Å². The van der Waals surface area contributed by atoms with Crippen molar-refractivity contribution in [3.05, 3.63) is 53.9 Å². The molecule has 0 bridgehead atoms. The van der Waals surface area contributed by atoms with E-state index in [2.05, 4.69) is 40.5 Å². The minimum absolute atomic E-state index is 0.158. The monoisotopic (exact) mass is 428 g/mol. The van der Waals surface area contributed by atoms with Crippen molar-refractivity contribution in [3.8, 4) is 0 Å². The Bertz CT molecular complexity index is 846. The number of benzene rings is 1. The van der Waals surface area contributed by atoms with E-state index in [0.717, 1.165) is 45.4 Å². The largest absolute Gasteiger partial charge is 0.483 e. The zero-order valence-electron chi connectivity index (χ0n) is 18.3. The van der Waals surface area contributed by atoms with E-state index < -0.39 is 0 Å². The molecule has 8 nitrogen and oxygen atoms in total. The normalized spacial score (nSPS) is 20.9. The SMILES string of the molecule is COC1CN(C)C(=O)C2(CCN(Cc3cnn(Cc4ccccc4)c3)CC2)C1.O=CO. The zero-order chi connectivity index (χ0) is 22.3. The molecule has 8 heteroatoms. The van der Waals surface area contributed by atoms with Gasteiger partial charge in [0.1, 0.15) is 0 Å². The third-order valence-corrected chi connectivity index (χ3v) is 6.32. The van der Waals surface area contributed by atoms with E-state index in [-0.39, 0.29) is 18.0 Å². The number of ether oxygens (including phenoxy) is 1. The highest BCUT2D eigenvalue weighted by Gasteiger charge is 2.47. The zero-order valence-corrected chi connectivity index (χ0v) is 18.3. The van der Waals surface area contributed by atoms with Crippen LogP contribution in [-0.4, -0.2) is 77.0 Å². The number of carbonyl (C=O) groups excluding carboxylic acids is 1. The summed E-state index contributed by atoms with van der Waals surface area (Å²) in [5, 5.41) is 11.4. The molecule has 2 fully saturated rings. The number of aromatic nitrogens is 2. The number of rotatable bonds is 5. The number of likely N-dealkylation sites (N-methyl/N-ethyl adjacent to an activating group) is 1. The van der Waals surface area contributed by atoms with Gasteiger partial charge in [-0.1, -0.05) is 30.3 Å². The summed E-state index contributed by atoms with van der Waals surface area (Å²) in [5.74, 6) is 0.302. The smallest absolute Gasteiger partial charge is 0.290 e. The second-order valence-electron chi connectivity index (χ2n) is 8.44. The predicted octanol–water partition coefficient (Wildman–Crippen LogP) is 2.09. The number of hydrogen-bond acceptors (Lipinski definition) is 5. The highest BCUT2D eigenvalue weighted by molar-refractivity contribution is 5.83. The van der Waals surface area contributed by atoms with Gasteiger partial charge in [-0.05, 0) is 37.9 Å². The number of likely N-dealkylation sites (tertiary alicyclic amines) is 2. The van der Waals surface area contributed by atoms with Gasteiger partial charge in [-0.3, -0.25) is 19.2 Å². The Morgan fingerprint density at radius 3 is 2.52 bits per heavy atom. The van der Waals surface area contributed by atoms with Gasteiger partial charge in [0, 0.05) is 39.0 Å². The summed E-state index contributed by atoms with van der Waals surface area (Å²) in [7, 11) is 3.66. The van der Waals surface area contributed by atoms with Crippen LogP contribution >= 0.6 is 0 Å². The lowest BCUT2D eigenvalue weighted by molar-refractivity contribution is -0.156. The van der Waals surface area contributed by atoms with Crippen molar-refractivity contribution in [3.63, 3.8) is 0 Å². The van der Waals surface area contributed by atoms with Crippen molar-refractivity contribution in [2.75, 3.05) is 33.8 Å². The maximum Gasteiger partial charge on any atom is 0.290 e. The molecule has 2 aromatic rings. The number of carbonyl (C=O) groups is 2. The van der Waals surface area contributed by atoms with Crippen molar-refractivity contribution >= 4 is 12.4 Å². The van der Waals surface area contributed by atoms with E-state index in [9.17, 15) is 4.79 Å². The number of hydrogen-bond donors (Lipinski definition) is 1. The average molecular weight is 429 g/mol. The van der Waals surface area contributed by atoms with Crippen LogP contribution in [0.15, 0.2) is 42.7 Å². The highest BCUT2D eigenvalue weighted by atomic mass is 16.5. The maximum absolute atomic E-state index is 12.8. The average Bonchev–Trinajstić information content (AvgIpc) is 3.21. The van der Waals surface area contributed by atoms with Gasteiger partial charge in [0.25, 0.3) is 6.47 Å². The molecule has 1 amide bonds. The van der Waals surface area contributed by atoms with Gasteiger partial charge in [0.2, 0.25) is 5.91 Å². The summed E-state index contributed by atoms with van der Waals surface area (Å²) in [6.45, 7) is 4.03. The topological polar surface area (TPSA) is 87.9 Å². The predicted molar refractivity (Wildman–Crippen MR) is 116 cm³/mol. The first kappa shape index (κ1) is 23.0. The van der Waals surface area contributed by atoms with Gasteiger partial charge in [-0.15, -0.1) is 0 Å². The Morgan fingerprint density at radius 2 is 1.87 bits per heavy atom. The van der Waals surface area contributed by atoms with Gasteiger partial charge in [-0.25, -0.2) is 0 Å². The van der Waals surface area contributed by atoms with Crippen LogP contribution in [0.5, 0.6) is 0 Å². The third kappa shape index (κ3) is 5.71. The Labute approximate surface area is 183 Å². The number of methoxy groups -OCH3 is 1. The molecular weight excluding hydrogens is 396 g/mol. The minimum Gasteiger partial charge on any atom is -0.483 e. The van der Waals surface area contributed by atoms with E-state index in [1.165, 1.54) is 11.1 Å². The van der Waals surface area contributed by atoms with Gasteiger partial charge in [0.15, 0.2) is 0 Å². The lowest BCUT2D eigenvalue weighted by Gasteiger charge is -2.47. The summed E-state index contributed by atoms with van der Waals surface area (Å²) < 4.78 is 7.59. The van der Waals surface area contributed by atoms with Gasteiger partial charge < -0.3 is 14.7 Å². The Hall–Kier alpha value is -2.71. The van der Waals surface area contributed by atoms with E-state index in [4.69, 9.17) is 14.6 Å². The van der Waals surface area contributed by atoms with Crippen molar-refractivity contribution in [2.24, 2.45) is 5.41 Å². The molecule has 0 radical (unpaired) electrons. The molecule has 31 heavy (non-hydrogen) atoms. The van der Waals surface area contributed by atoms with E-state index >= 15 is 0 Å². The van der Waals surface area contributed by atoms with Crippen LogP contribution in [0, 0.1) is 5.41 Å². The van der Waals surface area contributed by atoms with Crippen molar-refractivity contribution < 1.29 is 19.4 Å². The Morgan fingerprint density at radius 1 is 1.19 bits per heavy atom. The molecule has 0 aliphatic carbocycles. The Kier molecular flexibility index (Phi) is 7.81. The molecular formula is C23H32N4O4. The maximum atomic E-state index is 12.8.